The molecule has 0 aromatic heterocycles. The third-order valence-corrected chi connectivity index (χ3v) is 3.71. The third kappa shape index (κ3) is 4.21. The Balaban J connectivity index is 3.28. The molecule has 0 radical (unpaired) electrons. The predicted molar refractivity (Wildman–Crippen MR) is 84.8 cm³/mol. The van der Waals surface area contributed by atoms with E-state index in [4.69, 9.17) is 22.1 Å². The molecule has 3 N–H and O–H groups in total. The van der Waals surface area contributed by atoms with Gasteiger partial charge in [-0.15, -0.1) is 0 Å². The molecule has 0 fully saturated rings. The number of hydrogen-bond acceptors (Lipinski definition) is 4. The Hall–Kier alpha value is -1.59. The summed E-state index contributed by atoms with van der Waals surface area (Å²) in [7, 11) is 0. The second-order valence-corrected chi connectivity index (χ2v) is 6.87. The van der Waals surface area contributed by atoms with Crippen LogP contribution in [0.3, 0.4) is 0 Å². The number of carbonyl (C=O) groups excluding carboxylic acids is 1. The Kier molecular flexibility index (Phi) is 5.59. The molecule has 0 amide bonds. The summed E-state index contributed by atoms with van der Waals surface area (Å²) in [6, 6.07) is 6.63. The number of halogens is 1. The maximum Gasteiger partial charge on any atom is 0.321 e. The van der Waals surface area contributed by atoms with Gasteiger partial charge in [-0.3, -0.25) is 9.59 Å². The fourth-order valence-electron chi connectivity index (χ4n) is 2.23. The van der Waals surface area contributed by atoms with Crippen LogP contribution in [0.25, 0.3) is 0 Å². The zero-order chi connectivity index (χ0) is 17.1. The number of nitrogens with two attached hydrogens (primary N) is 1. The maximum absolute atomic E-state index is 12.4. The normalized spacial score (nSPS) is 15.7. The molecule has 1 rings (SSSR count). The van der Waals surface area contributed by atoms with Crippen LogP contribution < -0.4 is 5.73 Å². The number of carbonyl (C=O) groups is 2. The molecular formula is C16H22ClNO4. The van der Waals surface area contributed by atoms with Crippen LogP contribution in [0.5, 0.6) is 0 Å². The predicted octanol–water partition coefficient (Wildman–Crippen LogP) is 2.60. The summed E-state index contributed by atoms with van der Waals surface area (Å²) in [6.45, 7) is 6.67. The fourth-order valence-corrected chi connectivity index (χ4v) is 2.35. The van der Waals surface area contributed by atoms with Gasteiger partial charge >= 0.3 is 11.9 Å². The van der Waals surface area contributed by atoms with E-state index in [1.54, 1.807) is 52.0 Å². The van der Waals surface area contributed by atoms with E-state index in [0.717, 1.165) is 0 Å². The summed E-state index contributed by atoms with van der Waals surface area (Å²) in [5, 5.41) is 10.1. The van der Waals surface area contributed by atoms with Gasteiger partial charge in [0.05, 0.1) is 0 Å². The minimum absolute atomic E-state index is 0.0230. The van der Waals surface area contributed by atoms with Gasteiger partial charge in [-0.2, -0.15) is 0 Å². The lowest BCUT2D eigenvalue weighted by atomic mass is 9.71. The number of carboxylic acids is 1. The number of ether oxygens (including phenoxy) is 1. The monoisotopic (exact) mass is 327 g/mol. The summed E-state index contributed by atoms with van der Waals surface area (Å²) in [4.78, 5) is 24.1. The third-order valence-electron chi connectivity index (χ3n) is 3.45. The van der Waals surface area contributed by atoms with E-state index >= 15 is 0 Å². The second-order valence-electron chi connectivity index (χ2n) is 6.43. The Morgan fingerprint density at radius 2 is 1.73 bits per heavy atom. The first kappa shape index (κ1) is 18.5. The largest absolute Gasteiger partial charge is 0.481 e. The average molecular weight is 328 g/mol. The van der Waals surface area contributed by atoms with Crippen molar-refractivity contribution in [3.8, 4) is 0 Å². The summed E-state index contributed by atoms with van der Waals surface area (Å²) < 4.78 is 5.25. The van der Waals surface area contributed by atoms with E-state index in [2.05, 4.69) is 0 Å². The molecule has 0 saturated heterocycles. The minimum Gasteiger partial charge on any atom is -0.481 e. The van der Waals surface area contributed by atoms with Gasteiger partial charge < -0.3 is 15.6 Å². The number of benzene rings is 1. The number of rotatable bonds is 5. The molecule has 122 valence electrons. The fraction of sp³-hybridized carbons (Fsp3) is 0.500. The number of esters is 1. The van der Waals surface area contributed by atoms with Crippen molar-refractivity contribution in [1.29, 1.82) is 0 Å². The Bertz CT molecular complexity index is 550. The molecule has 0 heterocycles. The first-order valence-electron chi connectivity index (χ1n) is 6.93. The molecule has 0 aliphatic carbocycles. The minimum atomic E-state index is -1.40. The van der Waals surface area contributed by atoms with Crippen LogP contribution in [0.15, 0.2) is 24.3 Å². The molecule has 0 saturated carbocycles. The van der Waals surface area contributed by atoms with Crippen LogP contribution in [0.1, 0.15) is 33.3 Å². The lowest BCUT2D eigenvalue weighted by Crippen LogP contribution is -2.49. The maximum atomic E-state index is 12.4. The van der Waals surface area contributed by atoms with Crippen LogP contribution in [-0.2, 0) is 19.7 Å². The van der Waals surface area contributed by atoms with Crippen LogP contribution in [0, 0.1) is 5.92 Å². The molecule has 2 atom stereocenters. The quantitative estimate of drug-likeness (QED) is 0.641. The van der Waals surface area contributed by atoms with Gasteiger partial charge in [0, 0.05) is 17.0 Å². The second kappa shape index (κ2) is 6.67. The van der Waals surface area contributed by atoms with Gasteiger partial charge in [0.25, 0.3) is 0 Å². The number of hydrogen-bond donors (Lipinski definition) is 2. The molecule has 0 aliphatic rings. The van der Waals surface area contributed by atoms with E-state index in [1.807, 2.05) is 0 Å². The van der Waals surface area contributed by atoms with E-state index in [9.17, 15) is 14.7 Å². The van der Waals surface area contributed by atoms with Crippen LogP contribution in [0.2, 0.25) is 5.02 Å². The Morgan fingerprint density at radius 3 is 2.09 bits per heavy atom. The van der Waals surface area contributed by atoms with Crippen molar-refractivity contribution in [3.05, 3.63) is 34.9 Å². The lowest BCUT2D eigenvalue weighted by Gasteiger charge is -2.34. The molecule has 0 aliphatic heterocycles. The molecule has 1 aromatic rings. The van der Waals surface area contributed by atoms with Gasteiger partial charge in [0.2, 0.25) is 0 Å². The van der Waals surface area contributed by atoms with Crippen LogP contribution >= 0.6 is 11.6 Å². The summed E-state index contributed by atoms with van der Waals surface area (Å²) in [5.74, 6) is -3.47. The first-order valence-corrected chi connectivity index (χ1v) is 7.31. The summed E-state index contributed by atoms with van der Waals surface area (Å²) in [6.07, 6.45) is 0. The van der Waals surface area contributed by atoms with Crippen LogP contribution in [0.4, 0.5) is 0 Å². The zero-order valence-corrected chi connectivity index (χ0v) is 14.0. The van der Waals surface area contributed by atoms with Crippen molar-refractivity contribution in [2.45, 2.75) is 38.7 Å². The highest BCUT2D eigenvalue weighted by molar-refractivity contribution is 6.30. The molecule has 22 heavy (non-hydrogen) atoms. The smallest absolute Gasteiger partial charge is 0.321 e. The van der Waals surface area contributed by atoms with Crippen molar-refractivity contribution in [3.63, 3.8) is 0 Å². The summed E-state index contributed by atoms with van der Waals surface area (Å²) >= 11 is 5.86. The van der Waals surface area contributed by atoms with Crippen molar-refractivity contribution in [1.82, 2.24) is 0 Å². The molecule has 1 aromatic carbocycles. The van der Waals surface area contributed by atoms with E-state index in [0.29, 0.717) is 10.6 Å². The Morgan fingerprint density at radius 1 is 1.23 bits per heavy atom. The van der Waals surface area contributed by atoms with Gasteiger partial charge in [-0.25, -0.2) is 0 Å². The summed E-state index contributed by atoms with van der Waals surface area (Å²) in [5.41, 5.74) is 4.56. The molecule has 0 bridgehead atoms. The van der Waals surface area contributed by atoms with Crippen molar-refractivity contribution in [2.24, 2.45) is 11.7 Å². The topological polar surface area (TPSA) is 89.6 Å². The first-order chi connectivity index (χ1) is 10.0. The molecular weight excluding hydrogens is 306 g/mol. The highest BCUT2D eigenvalue weighted by Gasteiger charge is 2.46. The standard InChI is InChI=1S/C16H22ClNO4/c1-15(2,3)22-14(21)12(13(19)20)16(4,9-18)10-5-7-11(17)8-6-10/h5-8,12H,9,18H2,1-4H3,(H,19,20). The lowest BCUT2D eigenvalue weighted by molar-refractivity contribution is -0.170. The Labute approximate surface area is 135 Å². The zero-order valence-electron chi connectivity index (χ0n) is 13.2. The van der Waals surface area contributed by atoms with E-state index < -0.39 is 28.9 Å². The molecule has 2 unspecified atom stereocenters. The van der Waals surface area contributed by atoms with Gasteiger partial charge in [0.1, 0.15) is 5.60 Å². The average Bonchev–Trinajstić information content (AvgIpc) is 2.36. The van der Waals surface area contributed by atoms with Gasteiger partial charge in [-0.05, 0) is 38.5 Å². The van der Waals surface area contributed by atoms with Crippen LogP contribution in [-0.4, -0.2) is 29.2 Å². The molecule has 5 nitrogen and oxygen atoms in total. The van der Waals surface area contributed by atoms with E-state index in [-0.39, 0.29) is 6.54 Å². The molecule has 0 spiro atoms. The highest BCUT2D eigenvalue weighted by atomic mass is 35.5. The van der Waals surface area contributed by atoms with Gasteiger partial charge in [0.15, 0.2) is 5.92 Å². The highest BCUT2D eigenvalue weighted by Crippen LogP contribution is 2.34. The molecule has 6 heteroatoms. The number of carboxylic acid groups (broad SMARTS) is 1. The van der Waals surface area contributed by atoms with Crippen molar-refractivity contribution in [2.75, 3.05) is 6.54 Å². The van der Waals surface area contributed by atoms with Crippen molar-refractivity contribution < 1.29 is 19.4 Å². The van der Waals surface area contributed by atoms with Gasteiger partial charge in [-0.1, -0.05) is 30.7 Å². The van der Waals surface area contributed by atoms with Crippen molar-refractivity contribution >= 4 is 23.5 Å². The number of aliphatic carboxylic acids is 1. The SMILES string of the molecule is CC(C)(C)OC(=O)C(C(=O)O)C(C)(CN)c1ccc(Cl)cc1. The van der Waals surface area contributed by atoms with E-state index in [1.165, 1.54) is 0 Å².